The second-order valence-corrected chi connectivity index (χ2v) is 3.91. The molecule has 0 spiro atoms. The van der Waals surface area contributed by atoms with Crippen LogP contribution in [-0.2, 0) is 0 Å². The molecule has 1 fully saturated rings. The molecule has 1 saturated heterocycles. The molecular formula is C12H14ClNO. The number of rotatable bonds is 1. The van der Waals surface area contributed by atoms with Crippen LogP contribution in [0.4, 0.5) is 0 Å². The fourth-order valence-corrected chi connectivity index (χ4v) is 2.16. The van der Waals surface area contributed by atoms with E-state index in [4.69, 9.17) is 4.42 Å². The molecule has 2 aromatic rings. The summed E-state index contributed by atoms with van der Waals surface area (Å²) in [7, 11) is 0. The van der Waals surface area contributed by atoms with Crippen LogP contribution in [0, 0.1) is 0 Å². The van der Waals surface area contributed by atoms with Crippen LogP contribution in [0.15, 0.2) is 34.9 Å². The molecule has 2 nitrogen and oxygen atoms in total. The largest absolute Gasteiger partial charge is 0.464 e. The van der Waals surface area contributed by atoms with Crippen molar-refractivity contribution in [3.63, 3.8) is 0 Å². The van der Waals surface area contributed by atoms with Crippen molar-refractivity contribution in [2.45, 2.75) is 12.3 Å². The van der Waals surface area contributed by atoms with Crippen LogP contribution in [0.5, 0.6) is 0 Å². The van der Waals surface area contributed by atoms with E-state index in [2.05, 4.69) is 23.5 Å². The molecule has 3 heteroatoms. The minimum Gasteiger partial charge on any atom is -0.464 e. The van der Waals surface area contributed by atoms with Gasteiger partial charge in [0.25, 0.3) is 0 Å². The Morgan fingerprint density at radius 3 is 3.00 bits per heavy atom. The quantitative estimate of drug-likeness (QED) is 0.804. The third-order valence-electron chi connectivity index (χ3n) is 3.01. The Balaban J connectivity index is 0.000000853. The second-order valence-electron chi connectivity index (χ2n) is 3.91. The van der Waals surface area contributed by atoms with Crippen molar-refractivity contribution in [1.82, 2.24) is 5.32 Å². The zero-order valence-corrected chi connectivity index (χ0v) is 9.22. The van der Waals surface area contributed by atoms with Gasteiger partial charge in [0, 0.05) is 11.9 Å². The lowest BCUT2D eigenvalue weighted by Crippen LogP contribution is -2.07. The van der Waals surface area contributed by atoms with Gasteiger partial charge in [0.15, 0.2) is 0 Å². The number of halogens is 1. The number of nitrogens with one attached hydrogen (secondary N) is 1. The van der Waals surface area contributed by atoms with E-state index in [0.29, 0.717) is 5.92 Å². The van der Waals surface area contributed by atoms with Crippen molar-refractivity contribution < 1.29 is 4.42 Å². The van der Waals surface area contributed by atoms with Gasteiger partial charge in [0.05, 0.1) is 6.26 Å². The van der Waals surface area contributed by atoms with Gasteiger partial charge in [-0.1, -0.05) is 12.1 Å². The van der Waals surface area contributed by atoms with Crippen LogP contribution in [0.1, 0.15) is 17.9 Å². The fraction of sp³-hybridized carbons (Fsp3) is 0.333. The number of hydrogen-bond donors (Lipinski definition) is 1. The summed E-state index contributed by atoms with van der Waals surface area (Å²) < 4.78 is 5.40. The molecule has 1 aliphatic heterocycles. The highest BCUT2D eigenvalue weighted by atomic mass is 35.5. The number of hydrogen-bond acceptors (Lipinski definition) is 2. The fourth-order valence-electron chi connectivity index (χ4n) is 2.16. The third kappa shape index (κ3) is 1.87. The Morgan fingerprint density at radius 1 is 1.27 bits per heavy atom. The number of fused-ring (bicyclic) bond motifs is 1. The van der Waals surface area contributed by atoms with Gasteiger partial charge in [-0.3, -0.25) is 0 Å². The Morgan fingerprint density at radius 2 is 2.20 bits per heavy atom. The Kier molecular flexibility index (Phi) is 2.98. The maximum atomic E-state index is 5.40. The Hall–Kier alpha value is -0.990. The highest BCUT2D eigenvalue weighted by molar-refractivity contribution is 5.85. The molecule has 0 aliphatic carbocycles. The average Bonchev–Trinajstić information content (AvgIpc) is 2.88. The van der Waals surface area contributed by atoms with Crippen molar-refractivity contribution in [2.24, 2.45) is 0 Å². The molecule has 1 unspecified atom stereocenters. The van der Waals surface area contributed by atoms with Gasteiger partial charge >= 0.3 is 0 Å². The zero-order chi connectivity index (χ0) is 9.38. The second kappa shape index (κ2) is 4.25. The van der Waals surface area contributed by atoms with Crippen LogP contribution in [-0.4, -0.2) is 13.1 Å². The van der Waals surface area contributed by atoms with Crippen LogP contribution < -0.4 is 5.32 Å². The first-order chi connectivity index (χ1) is 6.93. The number of furan rings is 1. The van der Waals surface area contributed by atoms with Gasteiger partial charge in [-0.25, -0.2) is 0 Å². The van der Waals surface area contributed by atoms with Crippen LogP contribution in [0.2, 0.25) is 0 Å². The lowest BCUT2D eigenvalue weighted by atomic mass is 9.98. The summed E-state index contributed by atoms with van der Waals surface area (Å²) in [5.41, 5.74) is 2.41. The smallest absolute Gasteiger partial charge is 0.134 e. The first-order valence-electron chi connectivity index (χ1n) is 5.11. The SMILES string of the molecule is Cl.c1cc2ccc(C3CCNC3)cc2o1. The maximum Gasteiger partial charge on any atom is 0.134 e. The van der Waals surface area contributed by atoms with Gasteiger partial charge in [-0.15, -0.1) is 12.4 Å². The average molecular weight is 224 g/mol. The molecule has 3 rings (SSSR count). The molecule has 2 heterocycles. The van der Waals surface area contributed by atoms with E-state index in [-0.39, 0.29) is 12.4 Å². The molecule has 0 bridgehead atoms. The van der Waals surface area contributed by atoms with Crippen molar-refractivity contribution in [2.75, 3.05) is 13.1 Å². The van der Waals surface area contributed by atoms with E-state index in [9.17, 15) is 0 Å². The molecule has 0 radical (unpaired) electrons. The molecule has 1 aromatic heterocycles. The summed E-state index contributed by atoms with van der Waals surface area (Å²) in [6, 6.07) is 8.54. The van der Waals surface area contributed by atoms with Gasteiger partial charge in [-0.2, -0.15) is 0 Å². The monoisotopic (exact) mass is 223 g/mol. The van der Waals surface area contributed by atoms with Crippen molar-refractivity contribution in [3.8, 4) is 0 Å². The molecule has 1 N–H and O–H groups in total. The van der Waals surface area contributed by atoms with E-state index in [1.807, 2.05) is 6.07 Å². The van der Waals surface area contributed by atoms with Crippen molar-refractivity contribution in [3.05, 3.63) is 36.1 Å². The van der Waals surface area contributed by atoms with E-state index < -0.39 is 0 Å². The summed E-state index contributed by atoms with van der Waals surface area (Å²) >= 11 is 0. The highest BCUT2D eigenvalue weighted by Crippen LogP contribution is 2.26. The van der Waals surface area contributed by atoms with Crippen molar-refractivity contribution >= 4 is 23.4 Å². The van der Waals surface area contributed by atoms with Crippen molar-refractivity contribution in [1.29, 1.82) is 0 Å². The lowest BCUT2D eigenvalue weighted by molar-refractivity contribution is 0.614. The van der Waals surface area contributed by atoms with Crippen LogP contribution in [0.25, 0.3) is 11.0 Å². The van der Waals surface area contributed by atoms with Gasteiger partial charge in [0.1, 0.15) is 5.58 Å². The predicted molar refractivity (Wildman–Crippen MR) is 63.7 cm³/mol. The van der Waals surface area contributed by atoms with E-state index in [0.717, 1.165) is 18.7 Å². The molecule has 0 saturated carbocycles. The molecule has 1 aliphatic rings. The zero-order valence-electron chi connectivity index (χ0n) is 8.40. The minimum atomic E-state index is 0. The molecule has 1 aromatic carbocycles. The minimum absolute atomic E-state index is 0. The Bertz CT molecular complexity index is 446. The maximum absolute atomic E-state index is 5.40. The summed E-state index contributed by atoms with van der Waals surface area (Å²) in [6.07, 6.45) is 2.99. The van der Waals surface area contributed by atoms with Gasteiger partial charge in [0.2, 0.25) is 0 Å². The van der Waals surface area contributed by atoms with Gasteiger partial charge in [-0.05, 0) is 36.6 Å². The molecule has 80 valence electrons. The summed E-state index contributed by atoms with van der Waals surface area (Å²) in [4.78, 5) is 0. The first kappa shape index (κ1) is 10.5. The van der Waals surface area contributed by atoms with Crippen LogP contribution >= 0.6 is 12.4 Å². The normalized spacial score (nSPS) is 20.4. The van der Waals surface area contributed by atoms with Crippen LogP contribution in [0.3, 0.4) is 0 Å². The molecular weight excluding hydrogens is 210 g/mol. The summed E-state index contributed by atoms with van der Waals surface area (Å²) in [6.45, 7) is 2.24. The highest BCUT2D eigenvalue weighted by Gasteiger charge is 2.16. The first-order valence-corrected chi connectivity index (χ1v) is 5.11. The summed E-state index contributed by atoms with van der Waals surface area (Å²) in [5.74, 6) is 0.671. The van der Waals surface area contributed by atoms with Gasteiger partial charge < -0.3 is 9.73 Å². The molecule has 1 atom stereocenters. The summed E-state index contributed by atoms with van der Waals surface area (Å²) in [5, 5.41) is 4.58. The van der Waals surface area contributed by atoms with E-state index in [1.54, 1.807) is 6.26 Å². The standard InChI is InChI=1S/C12H13NO.ClH/c1-2-10(11-3-5-13-8-11)7-12-9(1)4-6-14-12;/h1-2,4,6-7,11,13H,3,5,8H2;1H. The predicted octanol–water partition coefficient (Wildman–Crippen LogP) is 2.93. The van der Waals surface area contributed by atoms with E-state index >= 15 is 0 Å². The van der Waals surface area contributed by atoms with E-state index in [1.165, 1.54) is 17.4 Å². The third-order valence-corrected chi connectivity index (χ3v) is 3.01. The Labute approximate surface area is 95.1 Å². The molecule has 15 heavy (non-hydrogen) atoms. The topological polar surface area (TPSA) is 25.2 Å². The lowest BCUT2D eigenvalue weighted by Gasteiger charge is -2.07. The number of benzene rings is 1. The molecule has 0 amide bonds.